The number of amides is 1. The van der Waals surface area contributed by atoms with Crippen molar-refractivity contribution in [3.05, 3.63) is 52.4 Å². The number of nitrogens with zero attached hydrogens (tertiary/aromatic N) is 1. The topological polar surface area (TPSA) is 51.2 Å². The highest BCUT2D eigenvalue weighted by Gasteiger charge is 2.13. The fraction of sp³-hybridized carbons (Fsp3) is 0.0769. The lowest BCUT2D eigenvalue weighted by Gasteiger charge is -2.07. The van der Waals surface area contributed by atoms with Gasteiger partial charge in [0.05, 0.1) is 29.0 Å². The summed E-state index contributed by atoms with van der Waals surface area (Å²) in [5.41, 5.74) is 0.720. The Balaban J connectivity index is 2.18. The molecule has 0 saturated carbocycles. The van der Waals surface area contributed by atoms with Crippen molar-refractivity contribution in [1.82, 2.24) is 4.98 Å². The number of methoxy groups -OCH3 is 1. The largest absolute Gasteiger partial charge is 0.481 e. The quantitative estimate of drug-likeness (QED) is 0.942. The summed E-state index contributed by atoms with van der Waals surface area (Å²) >= 11 is 3.05. The molecule has 0 fully saturated rings. The average molecular weight is 325 g/mol. The maximum absolute atomic E-state index is 13.3. The molecule has 0 aliphatic carbocycles. The third-order valence-corrected chi connectivity index (χ3v) is 3.21. The molecule has 6 heteroatoms. The van der Waals surface area contributed by atoms with Crippen LogP contribution in [0.1, 0.15) is 10.4 Å². The standard InChI is InChI=1S/C13H10BrFN2O2/c1-19-11-6-5-8(7-16-11)17-13(18)9-3-2-4-10(15)12(9)14/h2-7H,1H3,(H,17,18). The molecule has 1 aromatic heterocycles. The predicted octanol–water partition coefficient (Wildman–Crippen LogP) is 3.24. The van der Waals surface area contributed by atoms with E-state index in [1.165, 1.54) is 31.5 Å². The average Bonchev–Trinajstić information content (AvgIpc) is 2.42. The second-order valence-corrected chi connectivity index (χ2v) is 4.44. The molecule has 2 rings (SSSR count). The summed E-state index contributed by atoms with van der Waals surface area (Å²) in [7, 11) is 1.50. The van der Waals surface area contributed by atoms with E-state index in [9.17, 15) is 9.18 Å². The maximum atomic E-state index is 13.3. The van der Waals surface area contributed by atoms with Gasteiger partial charge in [0.25, 0.3) is 5.91 Å². The highest BCUT2D eigenvalue weighted by atomic mass is 79.9. The number of aromatic nitrogens is 1. The maximum Gasteiger partial charge on any atom is 0.256 e. The number of carbonyl (C=O) groups is 1. The lowest BCUT2D eigenvalue weighted by molar-refractivity contribution is 0.102. The Morgan fingerprint density at radius 3 is 2.79 bits per heavy atom. The molecule has 0 bridgehead atoms. The Hall–Kier alpha value is -1.95. The van der Waals surface area contributed by atoms with Gasteiger partial charge in [0.15, 0.2) is 0 Å². The lowest BCUT2D eigenvalue weighted by Crippen LogP contribution is -2.13. The van der Waals surface area contributed by atoms with Crippen LogP contribution in [0.5, 0.6) is 5.88 Å². The molecular weight excluding hydrogens is 315 g/mol. The second-order valence-electron chi connectivity index (χ2n) is 3.64. The summed E-state index contributed by atoms with van der Waals surface area (Å²) in [6, 6.07) is 7.55. The molecule has 1 heterocycles. The molecule has 0 aliphatic heterocycles. The number of ether oxygens (including phenoxy) is 1. The molecule has 1 N–H and O–H groups in total. The fourth-order valence-corrected chi connectivity index (χ4v) is 1.90. The first-order valence-corrected chi connectivity index (χ1v) is 6.16. The van der Waals surface area contributed by atoms with Gasteiger partial charge in [-0.3, -0.25) is 4.79 Å². The minimum Gasteiger partial charge on any atom is -0.481 e. The molecule has 0 spiro atoms. The van der Waals surface area contributed by atoms with Gasteiger partial charge in [0, 0.05) is 6.07 Å². The zero-order chi connectivity index (χ0) is 13.8. The SMILES string of the molecule is COc1ccc(NC(=O)c2cccc(F)c2Br)cn1. The highest BCUT2D eigenvalue weighted by molar-refractivity contribution is 9.10. The number of pyridine rings is 1. The van der Waals surface area contributed by atoms with Crippen LogP contribution in [0.2, 0.25) is 0 Å². The van der Waals surface area contributed by atoms with E-state index in [1.54, 1.807) is 12.1 Å². The van der Waals surface area contributed by atoms with Gasteiger partial charge < -0.3 is 10.1 Å². The minimum atomic E-state index is -0.486. The van der Waals surface area contributed by atoms with Gasteiger partial charge in [0.1, 0.15) is 5.82 Å². The van der Waals surface area contributed by atoms with E-state index in [0.29, 0.717) is 11.6 Å². The molecule has 0 unspecified atom stereocenters. The van der Waals surface area contributed by atoms with Crippen molar-refractivity contribution in [3.8, 4) is 5.88 Å². The van der Waals surface area contributed by atoms with E-state index in [2.05, 4.69) is 26.2 Å². The van der Waals surface area contributed by atoms with Crippen LogP contribution in [-0.4, -0.2) is 18.0 Å². The van der Waals surface area contributed by atoms with Crippen LogP contribution in [0.25, 0.3) is 0 Å². The van der Waals surface area contributed by atoms with Gasteiger partial charge in [-0.05, 0) is 34.1 Å². The fourth-order valence-electron chi connectivity index (χ4n) is 1.45. The van der Waals surface area contributed by atoms with Crippen LogP contribution < -0.4 is 10.1 Å². The van der Waals surface area contributed by atoms with Gasteiger partial charge in [-0.1, -0.05) is 6.07 Å². The molecule has 4 nitrogen and oxygen atoms in total. The van der Waals surface area contributed by atoms with Crippen LogP contribution in [0.3, 0.4) is 0 Å². The van der Waals surface area contributed by atoms with Crippen LogP contribution >= 0.6 is 15.9 Å². The zero-order valence-corrected chi connectivity index (χ0v) is 11.6. The molecule has 2 aromatic rings. The smallest absolute Gasteiger partial charge is 0.256 e. The normalized spacial score (nSPS) is 10.1. The van der Waals surface area contributed by atoms with Crippen molar-refractivity contribution in [1.29, 1.82) is 0 Å². The van der Waals surface area contributed by atoms with Gasteiger partial charge in [-0.2, -0.15) is 0 Å². The molecule has 0 radical (unpaired) electrons. The molecule has 1 aromatic carbocycles. The number of benzene rings is 1. The summed E-state index contributed by atoms with van der Waals surface area (Å²) in [5, 5.41) is 2.62. The molecular formula is C13H10BrFN2O2. The van der Waals surface area contributed by atoms with Crippen molar-refractivity contribution in [3.63, 3.8) is 0 Å². The third kappa shape index (κ3) is 3.08. The molecule has 0 aliphatic rings. The van der Waals surface area contributed by atoms with E-state index < -0.39 is 11.7 Å². The van der Waals surface area contributed by atoms with Gasteiger partial charge in [-0.15, -0.1) is 0 Å². The number of carbonyl (C=O) groups excluding carboxylic acids is 1. The van der Waals surface area contributed by atoms with Gasteiger partial charge >= 0.3 is 0 Å². The minimum absolute atomic E-state index is 0.133. The highest BCUT2D eigenvalue weighted by Crippen LogP contribution is 2.21. The molecule has 0 atom stereocenters. The van der Waals surface area contributed by atoms with Crippen LogP contribution in [0.4, 0.5) is 10.1 Å². The van der Waals surface area contributed by atoms with E-state index in [0.717, 1.165) is 0 Å². The van der Waals surface area contributed by atoms with Crippen molar-refractivity contribution < 1.29 is 13.9 Å². The Morgan fingerprint density at radius 1 is 1.37 bits per heavy atom. The molecule has 19 heavy (non-hydrogen) atoms. The number of rotatable bonds is 3. The lowest BCUT2D eigenvalue weighted by atomic mass is 10.2. The van der Waals surface area contributed by atoms with E-state index in [4.69, 9.17) is 4.74 Å². The number of anilines is 1. The zero-order valence-electron chi connectivity index (χ0n) is 9.98. The summed E-state index contributed by atoms with van der Waals surface area (Å²) in [6.07, 6.45) is 1.46. The van der Waals surface area contributed by atoms with E-state index in [1.807, 2.05) is 0 Å². The van der Waals surface area contributed by atoms with Crippen molar-refractivity contribution in [2.24, 2.45) is 0 Å². The summed E-state index contributed by atoms with van der Waals surface area (Å²) in [4.78, 5) is 15.9. The first-order chi connectivity index (χ1) is 9.11. The number of halogens is 2. The van der Waals surface area contributed by atoms with Crippen LogP contribution in [-0.2, 0) is 0 Å². The Kier molecular flexibility index (Phi) is 4.11. The first kappa shape index (κ1) is 13.5. The Morgan fingerprint density at radius 2 is 2.16 bits per heavy atom. The second kappa shape index (κ2) is 5.79. The molecule has 1 amide bonds. The van der Waals surface area contributed by atoms with E-state index >= 15 is 0 Å². The van der Waals surface area contributed by atoms with Crippen molar-refractivity contribution in [2.75, 3.05) is 12.4 Å². The van der Waals surface area contributed by atoms with Crippen LogP contribution in [0, 0.1) is 5.82 Å². The van der Waals surface area contributed by atoms with Crippen molar-refractivity contribution in [2.45, 2.75) is 0 Å². The summed E-state index contributed by atoms with van der Waals surface area (Å²) < 4.78 is 18.4. The number of hydrogen-bond donors (Lipinski definition) is 1. The Labute approximate surface area is 117 Å². The van der Waals surface area contributed by atoms with Crippen molar-refractivity contribution >= 4 is 27.5 Å². The van der Waals surface area contributed by atoms with E-state index in [-0.39, 0.29) is 10.0 Å². The monoisotopic (exact) mass is 324 g/mol. The summed E-state index contributed by atoms with van der Waals surface area (Å²) in [5.74, 6) is -0.455. The summed E-state index contributed by atoms with van der Waals surface area (Å²) in [6.45, 7) is 0. The number of nitrogens with one attached hydrogen (secondary N) is 1. The number of hydrogen-bond acceptors (Lipinski definition) is 3. The molecule has 0 saturated heterocycles. The molecule has 98 valence electrons. The van der Waals surface area contributed by atoms with Gasteiger partial charge in [0.2, 0.25) is 5.88 Å². The third-order valence-electron chi connectivity index (χ3n) is 2.40. The Bertz CT molecular complexity index is 602. The first-order valence-electron chi connectivity index (χ1n) is 5.37. The van der Waals surface area contributed by atoms with Gasteiger partial charge in [-0.25, -0.2) is 9.37 Å². The predicted molar refractivity (Wildman–Crippen MR) is 72.8 cm³/mol. The van der Waals surface area contributed by atoms with Crippen LogP contribution in [0.15, 0.2) is 41.0 Å².